The summed E-state index contributed by atoms with van der Waals surface area (Å²) in [5, 5.41) is 3.95. The molecule has 0 spiro atoms. The summed E-state index contributed by atoms with van der Waals surface area (Å²) >= 11 is 0. The Labute approximate surface area is 135 Å². The van der Waals surface area contributed by atoms with E-state index in [0.717, 1.165) is 27.7 Å². The number of hydrogen-bond acceptors (Lipinski definition) is 2. The quantitative estimate of drug-likeness (QED) is 0.790. The lowest BCUT2D eigenvalue weighted by Crippen LogP contribution is -2.23. The van der Waals surface area contributed by atoms with Crippen molar-refractivity contribution in [1.82, 2.24) is 10.3 Å². The average molecular weight is 302 g/mol. The topological polar surface area (TPSA) is 42.0 Å². The van der Waals surface area contributed by atoms with Gasteiger partial charge in [0.05, 0.1) is 11.1 Å². The summed E-state index contributed by atoms with van der Waals surface area (Å²) in [5.41, 5.74) is 3.78. The molecule has 0 bridgehead atoms. The van der Waals surface area contributed by atoms with Crippen LogP contribution in [0.5, 0.6) is 0 Å². The first-order chi connectivity index (χ1) is 11.3. The number of rotatable bonds is 4. The van der Waals surface area contributed by atoms with Crippen LogP contribution in [0.15, 0.2) is 60.7 Å². The van der Waals surface area contributed by atoms with Crippen molar-refractivity contribution in [3.05, 3.63) is 77.5 Å². The van der Waals surface area contributed by atoms with E-state index in [9.17, 15) is 4.79 Å². The van der Waals surface area contributed by atoms with Crippen LogP contribution in [-0.2, 0) is 6.54 Å². The molecule has 1 fully saturated rings. The zero-order valence-corrected chi connectivity index (χ0v) is 12.8. The van der Waals surface area contributed by atoms with Crippen molar-refractivity contribution in [1.29, 1.82) is 0 Å². The Morgan fingerprint density at radius 2 is 1.78 bits per heavy atom. The van der Waals surface area contributed by atoms with Crippen LogP contribution in [0, 0.1) is 0 Å². The van der Waals surface area contributed by atoms with E-state index in [0.29, 0.717) is 12.5 Å². The summed E-state index contributed by atoms with van der Waals surface area (Å²) in [7, 11) is 0. The second-order valence-corrected chi connectivity index (χ2v) is 6.05. The molecule has 3 heteroatoms. The molecule has 2 aromatic carbocycles. The number of carbonyl (C=O) groups is 1. The Bertz CT molecular complexity index is 854. The van der Waals surface area contributed by atoms with Crippen molar-refractivity contribution in [3.63, 3.8) is 0 Å². The molecule has 4 rings (SSSR count). The Morgan fingerprint density at radius 1 is 1.04 bits per heavy atom. The van der Waals surface area contributed by atoms with Gasteiger partial charge in [0.2, 0.25) is 0 Å². The van der Waals surface area contributed by atoms with E-state index in [4.69, 9.17) is 4.98 Å². The predicted octanol–water partition coefficient (Wildman–Crippen LogP) is 4.04. The number of carbonyl (C=O) groups excluding carboxylic acids is 1. The molecule has 1 aliphatic rings. The molecule has 1 heterocycles. The highest BCUT2D eigenvalue weighted by Gasteiger charge is 2.26. The summed E-state index contributed by atoms with van der Waals surface area (Å²) in [6.07, 6.45) is 2.35. The fraction of sp³-hybridized carbons (Fsp3) is 0.200. The van der Waals surface area contributed by atoms with E-state index in [-0.39, 0.29) is 5.91 Å². The summed E-state index contributed by atoms with van der Waals surface area (Å²) in [4.78, 5) is 17.4. The lowest BCUT2D eigenvalue weighted by atomic mass is 10.1. The number of pyridine rings is 1. The fourth-order valence-corrected chi connectivity index (χ4v) is 2.85. The molecule has 0 unspecified atom stereocenters. The molecule has 1 amide bonds. The monoisotopic (exact) mass is 302 g/mol. The van der Waals surface area contributed by atoms with Gasteiger partial charge in [-0.15, -0.1) is 0 Å². The van der Waals surface area contributed by atoms with Crippen molar-refractivity contribution < 1.29 is 4.79 Å². The van der Waals surface area contributed by atoms with Gasteiger partial charge in [-0.2, -0.15) is 0 Å². The Morgan fingerprint density at radius 3 is 2.57 bits per heavy atom. The molecule has 0 saturated heterocycles. The minimum absolute atomic E-state index is 0.0330. The highest BCUT2D eigenvalue weighted by atomic mass is 16.1. The molecule has 1 N–H and O–H groups in total. The predicted molar refractivity (Wildman–Crippen MR) is 91.3 cm³/mol. The van der Waals surface area contributed by atoms with Gasteiger partial charge in [0.25, 0.3) is 5.91 Å². The molecule has 1 saturated carbocycles. The molecule has 1 aromatic heterocycles. The summed E-state index contributed by atoms with van der Waals surface area (Å²) in [6, 6.07) is 19.8. The van der Waals surface area contributed by atoms with Gasteiger partial charge >= 0.3 is 0 Å². The number of nitrogens with zero attached hydrogens (tertiary/aromatic N) is 1. The third-order valence-electron chi connectivity index (χ3n) is 4.27. The summed E-state index contributed by atoms with van der Waals surface area (Å²) in [5.74, 6) is 0.495. The number of para-hydroxylation sites is 1. The maximum Gasteiger partial charge on any atom is 0.252 e. The van der Waals surface area contributed by atoms with Crippen molar-refractivity contribution in [3.8, 4) is 0 Å². The molecule has 3 aromatic rings. The largest absolute Gasteiger partial charge is 0.348 e. The SMILES string of the molecule is O=C(NCc1ccccc1)c1cc(C2CC2)nc2ccccc12. The fourth-order valence-electron chi connectivity index (χ4n) is 2.85. The Balaban J connectivity index is 1.65. The van der Waals surface area contributed by atoms with Crippen LogP contribution in [-0.4, -0.2) is 10.9 Å². The summed E-state index contributed by atoms with van der Waals surface area (Å²) < 4.78 is 0. The molecular weight excluding hydrogens is 284 g/mol. The number of nitrogens with one attached hydrogen (secondary N) is 1. The number of fused-ring (bicyclic) bond motifs is 1. The van der Waals surface area contributed by atoms with Crippen molar-refractivity contribution >= 4 is 16.8 Å². The average Bonchev–Trinajstić information content (AvgIpc) is 3.45. The van der Waals surface area contributed by atoms with Crippen LogP contribution in [0.25, 0.3) is 10.9 Å². The molecule has 3 nitrogen and oxygen atoms in total. The van der Waals surface area contributed by atoms with Gasteiger partial charge in [-0.3, -0.25) is 9.78 Å². The van der Waals surface area contributed by atoms with Gasteiger partial charge in [-0.1, -0.05) is 48.5 Å². The number of aromatic nitrogens is 1. The normalized spacial score (nSPS) is 13.9. The third kappa shape index (κ3) is 2.95. The van der Waals surface area contributed by atoms with E-state index in [1.807, 2.05) is 60.7 Å². The van der Waals surface area contributed by atoms with E-state index in [2.05, 4.69) is 5.32 Å². The maximum atomic E-state index is 12.7. The van der Waals surface area contributed by atoms with Crippen molar-refractivity contribution in [2.45, 2.75) is 25.3 Å². The lowest BCUT2D eigenvalue weighted by Gasteiger charge is -2.10. The lowest BCUT2D eigenvalue weighted by molar-refractivity contribution is 0.0952. The van der Waals surface area contributed by atoms with E-state index < -0.39 is 0 Å². The van der Waals surface area contributed by atoms with Crippen LogP contribution in [0.3, 0.4) is 0 Å². The van der Waals surface area contributed by atoms with Gasteiger partial charge in [-0.05, 0) is 30.5 Å². The molecule has 114 valence electrons. The number of amides is 1. The van der Waals surface area contributed by atoms with Crippen LogP contribution in [0.4, 0.5) is 0 Å². The highest BCUT2D eigenvalue weighted by Crippen LogP contribution is 2.40. The summed E-state index contributed by atoms with van der Waals surface area (Å²) in [6.45, 7) is 0.537. The van der Waals surface area contributed by atoms with Gasteiger partial charge in [0.15, 0.2) is 0 Å². The zero-order valence-electron chi connectivity index (χ0n) is 12.8. The molecular formula is C20H18N2O. The van der Waals surface area contributed by atoms with E-state index >= 15 is 0 Å². The van der Waals surface area contributed by atoms with Crippen LogP contribution in [0.1, 0.15) is 40.4 Å². The van der Waals surface area contributed by atoms with Crippen molar-refractivity contribution in [2.24, 2.45) is 0 Å². The van der Waals surface area contributed by atoms with Crippen molar-refractivity contribution in [2.75, 3.05) is 0 Å². The van der Waals surface area contributed by atoms with Crippen LogP contribution in [0.2, 0.25) is 0 Å². The highest BCUT2D eigenvalue weighted by molar-refractivity contribution is 6.06. The van der Waals surface area contributed by atoms with Gasteiger partial charge in [-0.25, -0.2) is 0 Å². The van der Waals surface area contributed by atoms with Gasteiger partial charge < -0.3 is 5.32 Å². The molecule has 23 heavy (non-hydrogen) atoms. The minimum atomic E-state index is -0.0330. The van der Waals surface area contributed by atoms with Gasteiger partial charge in [0, 0.05) is 23.5 Å². The van der Waals surface area contributed by atoms with E-state index in [1.165, 1.54) is 12.8 Å². The standard InChI is InChI=1S/C20H18N2O/c23-20(21-13-14-6-2-1-3-7-14)17-12-19(15-10-11-15)22-18-9-5-4-8-16(17)18/h1-9,12,15H,10-11,13H2,(H,21,23). The third-order valence-corrected chi connectivity index (χ3v) is 4.27. The smallest absolute Gasteiger partial charge is 0.252 e. The molecule has 1 aliphatic carbocycles. The number of benzene rings is 2. The van der Waals surface area contributed by atoms with E-state index in [1.54, 1.807) is 0 Å². The molecule has 0 atom stereocenters. The van der Waals surface area contributed by atoms with Crippen LogP contribution >= 0.6 is 0 Å². The minimum Gasteiger partial charge on any atom is -0.348 e. The Hall–Kier alpha value is -2.68. The maximum absolute atomic E-state index is 12.7. The first kappa shape index (κ1) is 13.9. The first-order valence-corrected chi connectivity index (χ1v) is 8.03. The van der Waals surface area contributed by atoms with Crippen LogP contribution < -0.4 is 5.32 Å². The molecule has 0 aliphatic heterocycles. The molecule has 0 radical (unpaired) electrons. The Kier molecular flexibility index (Phi) is 3.54. The van der Waals surface area contributed by atoms with Gasteiger partial charge in [0.1, 0.15) is 0 Å². The zero-order chi connectivity index (χ0) is 15.6. The second-order valence-electron chi connectivity index (χ2n) is 6.05. The second kappa shape index (κ2) is 5.84. The first-order valence-electron chi connectivity index (χ1n) is 8.03. The number of hydrogen-bond donors (Lipinski definition) is 1.